The van der Waals surface area contributed by atoms with Crippen molar-refractivity contribution in [3.63, 3.8) is 0 Å². The van der Waals surface area contributed by atoms with Crippen molar-refractivity contribution in [2.45, 2.75) is 26.3 Å². The summed E-state index contributed by atoms with van der Waals surface area (Å²) in [5.41, 5.74) is 0.233. The predicted octanol–water partition coefficient (Wildman–Crippen LogP) is 2.96. The van der Waals surface area contributed by atoms with Crippen LogP contribution in [-0.4, -0.2) is 32.3 Å². The molecule has 0 bridgehead atoms. The predicted molar refractivity (Wildman–Crippen MR) is 89.6 cm³/mol. The molecule has 2 rings (SSSR count). The summed E-state index contributed by atoms with van der Waals surface area (Å²) >= 11 is 8.46. The van der Waals surface area contributed by atoms with Crippen LogP contribution in [0.25, 0.3) is 0 Å². The number of aromatic hydroxyl groups is 1. The molecule has 3 N–H and O–H groups in total. The van der Waals surface area contributed by atoms with Crippen LogP contribution < -0.4 is 5.32 Å². The number of carbonyl (C=O) groups is 1. The Morgan fingerprint density at radius 1 is 1.55 bits per heavy atom. The molecule has 8 heteroatoms. The lowest BCUT2D eigenvalue weighted by Crippen LogP contribution is -2.26. The van der Waals surface area contributed by atoms with Crippen LogP contribution in [0.15, 0.2) is 22.7 Å². The van der Waals surface area contributed by atoms with Gasteiger partial charge in [0.15, 0.2) is 4.77 Å². The monoisotopic (exact) mass is 384 g/mol. The van der Waals surface area contributed by atoms with Gasteiger partial charge in [-0.3, -0.25) is 9.89 Å². The SMILES string of the molecule is CC(C)n1c(CCNC(=O)c2cc(Br)ccc2O)n[nH]c1=S. The van der Waals surface area contributed by atoms with Gasteiger partial charge in [-0.05, 0) is 44.3 Å². The zero-order valence-corrected chi connectivity index (χ0v) is 14.7. The van der Waals surface area contributed by atoms with E-state index in [1.165, 1.54) is 6.07 Å². The maximum atomic E-state index is 12.1. The molecule has 22 heavy (non-hydrogen) atoms. The number of amides is 1. The van der Waals surface area contributed by atoms with Gasteiger partial charge in [-0.1, -0.05) is 15.9 Å². The Hall–Kier alpha value is -1.67. The van der Waals surface area contributed by atoms with Crippen LogP contribution in [0.1, 0.15) is 36.1 Å². The molecule has 0 spiro atoms. The number of benzene rings is 1. The number of aromatic amines is 1. The van der Waals surface area contributed by atoms with E-state index in [-0.39, 0.29) is 23.3 Å². The van der Waals surface area contributed by atoms with Crippen LogP contribution >= 0.6 is 28.1 Å². The Morgan fingerprint density at radius 3 is 2.95 bits per heavy atom. The summed E-state index contributed by atoms with van der Waals surface area (Å²) in [7, 11) is 0. The third-order valence-corrected chi connectivity index (χ3v) is 3.91. The van der Waals surface area contributed by atoms with Gasteiger partial charge in [0, 0.05) is 23.5 Å². The van der Waals surface area contributed by atoms with E-state index in [0.717, 1.165) is 10.3 Å². The summed E-state index contributed by atoms with van der Waals surface area (Å²) in [4.78, 5) is 12.1. The van der Waals surface area contributed by atoms with E-state index in [0.29, 0.717) is 17.7 Å². The van der Waals surface area contributed by atoms with Gasteiger partial charge in [-0.15, -0.1) is 0 Å². The summed E-state index contributed by atoms with van der Waals surface area (Å²) in [5.74, 6) is 0.411. The molecule has 0 aliphatic heterocycles. The van der Waals surface area contributed by atoms with Gasteiger partial charge in [0.2, 0.25) is 0 Å². The zero-order chi connectivity index (χ0) is 16.3. The van der Waals surface area contributed by atoms with Crippen LogP contribution in [0.3, 0.4) is 0 Å². The molecule has 0 atom stereocenters. The van der Waals surface area contributed by atoms with Crippen LogP contribution in [0, 0.1) is 4.77 Å². The summed E-state index contributed by atoms with van der Waals surface area (Å²) in [6, 6.07) is 4.93. The second kappa shape index (κ2) is 7.06. The summed E-state index contributed by atoms with van der Waals surface area (Å²) < 4.78 is 3.22. The highest BCUT2D eigenvalue weighted by molar-refractivity contribution is 9.10. The summed E-state index contributed by atoms with van der Waals surface area (Å²) in [6.07, 6.45) is 0.547. The number of aromatic nitrogens is 3. The molecule has 0 unspecified atom stereocenters. The largest absolute Gasteiger partial charge is 0.507 e. The molecule has 1 aromatic carbocycles. The first-order chi connectivity index (χ1) is 10.4. The number of carbonyl (C=O) groups excluding carboxylic acids is 1. The molecule has 1 heterocycles. The molecular weight excluding hydrogens is 368 g/mol. The number of phenolic OH excluding ortho intramolecular Hbond substituents is 1. The Balaban J connectivity index is 2.01. The summed E-state index contributed by atoms with van der Waals surface area (Å²) in [5, 5.41) is 19.4. The minimum absolute atomic E-state index is 0.0504. The fourth-order valence-corrected chi connectivity index (χ4v) is 2.84. The van der Waals surface area contributed by atoms with E-state index in [1.54, 1.807) is 12.1 Å². The molecular formula is C14H17BrN4O2S. The minimum Gasteiger partial charge on any atom is -0.507 e. The van der Waals surface area contributed by atoms with Crippen LogP contribution in [0.2, 0.25) is 0 Å². The average molecular weight is 385 g/mol. The average Bonchev–Trinajstić information content (AvgIpc) is 2.82. The Kier molecular flexibility index (Phi) is 5.36. The molecule has 2 aromatic rings. The first-order valence-corrected chi connectivity index (χ1v) is 8.02. The van der Waals surface area contributed by atoms with Crippen LogP contribution in [0.5, 0.6) is 5.75 Å². The number of phenols is 1. The van der Waals surface area contributed by atoms with E-state index in [9.17, 15) is 9.90 Å². The number of nitrogens with zero attached hydrogens (tertiary/aromatic N) is 2. The number of rotatable bonds is 5. The van der Waals surface area contributed by atoms with Crippen molar-refractivity contribution in [3.05, 3.63) is 38.8 Å². The van der Waals surface area contributed by atoms with Gasteiger partial charge in [-0.25, -0.2) is 0 Å². The van der Waals surface area contributed by atoms with Gasteiger partial charge >= 0.3 is 0 Å². The van der Waals surface area contributed by atoms with E-state index in [1.807, 2.05) is 18.4 Å². The van der Waals surface area contributed by atoms with Crippen molar-refractivity contribution in [2.24, 2.45) is 0 Å². The van der Waals surface area contributed by atoms with Crippen molar-refractivity contribution < 1.29 is 9.90 Å². The van der Waals surface area contributed by atoms with Crippen molar-refractivity contribution >= 4 is 34.1 Å². The van der Waals surface area contributed by atoms with Gasteiger partial charge < -0.3 is 15.0 Å². The third-order valence-electron chi connectivity index (χ3n) is 3.13. The first kappa shape index (κ1) is 16.7. The molecule has 1 amide bonds. The fraction of sp³-hybridized carbons (Fsp3) is 0.357. The first-order valence-electron chi connectivity index (χ1n) is 6.82. The zero-order valence-electron chi connectivity index (χ0n) is 12.3. The molecule has 1 aromatic heterocycles. The molecule has 0 aliphatic carbocycles. The van der Waals surface area contributed by atoms with Crippen molar-refractivity contribution in [1.29, 1.82) is 0 Å². The van der Waals surface area contributed by atoms with E-state index in [4.69, 9.17) is 12.2 Å². The highest BCUT2D eigenvalue weighted by Gasteiger charge is 2.13. The van der Waals surface area contributed by atoms with E-state index in [2.05, 4.69) is 31.4 Å². The molecule has 6 nitrogen and oxygen atoms in total. The Bertz CT molecular complexity index is 739. The lowest BCUT2D eigenvalue weighted by molar-refractivity contribution is 0.0951. The molecule has 0 radical (unpaired) electrons. The second-order valence-corrected chi connectivity index (χ2v) is 6.38. The fourth-order valence-electron chi connectivity index (χ4n) is 2.12. The quantitative estimate of drug-likeness (QED) is 0.691. The molecule has 0 aliphatic rings. The maximum absolute atomic E-state index is 12.1. The van der Waals surface area contributed by atoms with E-state index >= 15 is 0 Å². The highest BCUT2D eigenvalue weighted by atomic mass is 79.9. The van der Waals surface area contributed by atoms with Crippen molar-refractivity contribution in [1.82, 2.24) is 20.1 Å². The normalized spacial score (nSPS) is 10.9. The molecule has 0 saturated heterocycles. The summed E-state index contributed by atoms with van der Waals surface area (Å²) in [6.45, 7) is 4.44. The maximum Gasteiger partial charge on any atom is 0.255 e. The molecule has 0 fully saturated rings. The number of hydrogen-bond acceptors (Lipinski definition) is 4. The Labute approximate surface area is 141 Å². The van der Waals surface area contributed by atoms with Gasteiger partial charge in [0.1, 0.15) is 11.6 Å². The highest BCUT2D eigenvalue weighted by Crippen LogP contribution is 2.21. The number of H-pyrrole nitrogens is 1. The lowest BCUT2D eigenvalue weighted by atomic mass is 10.2. The Morgan fingerprint density at radius 2 is 2.27 bits per heavy atom. The second-order valence-electron chi connectivity index (χ2n) is 5.08. The van der Waals surface area contributed by atoms with Gasteiger partial charge in [-0.2, -0.15) is 5.10 Å². The van der Waals surface area contributed by atoms with Gasteiger partial charge in [0.25, 0.3) is 5.91 Å². The smallest absolute Gasteiger partial charge is 0.255 e. The van der Waals surface area contributed by atoms with Crippen LogP contribution in [-0.2, 0) is 6.42 Å². The molecule has 118 valence electrons. The molecule has 0 saturated carbocycles. The van der Waals surface area contributed by atoms with Crippen molar-refractivity contribution in [2.75, 3.05) is 6.54 Å². The standard InChI is InChI=1S/C14H17BrN4O2S/c1-8(2)19-12(17-18-14(19)22)5-6-16-13(21)10-7-9(15)3-4-11(10)20/h3-4,7-8,20H,5-6H2,1-2H3,(H,16,21)(H,18,22). The number of halogens is 1. The number of hydrogen-bond donors (Lipinski definition) is 3. The topological polar surface area (TPSA) is 82.9 Å². The number of nitrogens with one attached hydrogen (secondary N) is 2. The van der Waals surface area contributed by atoms with Gasteiger partial charge in [0.05, 0.1) is 5.56 Å². The minimum atomic E-state index is -0.330. The lowest BCUT2D eigenvalue weighted by Gasteiger charge is -2.11. The third kappa shape index (κ3) is 3.75. The van der Waals surface area contributed by atoms with E-state index < -0.39 is 0 Å². The van der Waals surface area contributed by atoms with Crippen LogP contribution in [0.4, 0.5) is 0 Å². The van der Waals surface area contributed by atoms with Crippen molar-refractivity contribution in [3.8, 4) is 5.75 Å².